The van der Waals surface area contributed by atoms with Gasteiger partial charge in [-0.05, 0) is 25.5 Å². The molecule has 19 heavy (non-hydrogen) atoms. The summed E-state index contributed by atoms with van der Waals surface area (Å²) in [6, 6.07) is 0. The Labute approximate surface area is 118 Å². The summed E-state index contributed by atoms with van der Waals surface area (Å²) in [7, 11) is 3.78. The van der Waals surface area contributed by atoms with Gasteiger partial charge in [0, 0.05) is 19.7 Å². The molecule has 0 radical (unpaired) electrons. The van der Waals surface area contributed by atoms with Crippen molar-refractivity contribution in [3.05, 3.63) is 45.9 Å². The highest BCUT2D eigenvalue weighted by atomic mass is 35.5. The molecule has 1 aromatic heterocycles. The quantitative estimate of drug-likeness (QED) is 0.734. The second-order valence-electron chi connectivity index (χ2n) is 4.62. The Morgan fingerprint density at radius 2 is 2.00 bits per heavy atom. The van der Waals surface area contributed by atoms with Crippen molar-refractivity contribution in [3.8, 4) is 12.3 Å². The van der Waals surface area contributed by atoms with E-state index in [1.165, 1.54) is 0 Å². The Morgan fingerprint density at radius 3 is 2.53 bits per heavy atom. The highest BCUT2D eigenvalue weighted by Gasteiger charge is 2.24. The van der Waals surface area contributed by atoms with Gasteiger partial charge in [0.1, 0.15) is 11.4 Å². The zero-order valence-corrected chi connectivity index (χ0v) is 12.3. The largest absolute Gasteiger partial charge is 0.342 e. The first-order valence-electron chi connectivity index (χ1n) is 5.90. The van der Waals surface area contributed by atoms with Crippen LogP contribution in [0.25, 0.3) is 5.70 Å². The van der Waals surface area contributed by atoms with E-state index in [9.17, 15) is 0 Å². The van der Waals surface area contributed by atoms with E-state index in [0.717, 1.165) is 33.9 Å². The second-order valence-corrected chi connectivity index (χ2v) is 5.03. The predicted octanol–water partition coefficient (Wildman–Crippen LogP) is 3.02. The minimum atomic E-state index is 0.648. The molecule has 3 nitrogen and oxygen atoms in total. The van der Waals surface area contributed by atoms with Gasteiger partial charge in [0.15, 0.2) is 0 Å². The van der Waals surface area contributed by atoms with E-state index in [1.807, 2.05) is 38.9 Å². The van der Waals surface area contributed by atoms with Crippen molar-refractivity contribution in [1.29, 1.82) is 0 Å². The highest BCUT2D eigenvalue weighted by Crippen LogP contribution is 2.35. The maximum atomic E-state index is 6.14. The maximum Gasteiger partial charge on any atom is 0.114 e. The summed E-state index contributed by atoms with van der Waals surface area (Å²) in [6.07, 6.45) is 7.43. The normalized spacial score (nSPS) is 15.7. The zero-order chi connectivity index (χ0) is 14.3. The molecule has 0 N–H and O–H groups in total. The number of terminal acetylenes is 1. The lowest BCUT2D eigenvalue weighted by molar-refractivity contribution is 0.599. The van der Waals surface area contributed by atoms with Gasteiger partial charge in [0.25, 0.3) is 0 Å². The van der Waals surface area contributed by atoms with Crippen LogP contribution in [0.4, 0.5) is 0 Å². The Balaban J connectivity index is 2.69. The van der Waals surface area contributed by atoms with E-state index in [4.69, 9.17) is 18.0 Å². The van der Waals surface area contributed by atoms with Crippen LogP contribution in [0.3, 0.4) is 0 Å². The lowest BCUT2D eigenvalue weighted by Gasteiger charge is -2.29. The fourth-order valence-electron chi connectivity index (χ4n) is 2.30. The van der Waals surface area contributed by atoms with E-state index >= 15 is 0 Å². The van der Waals surface area contributed by atoms with Crippen molar-refractivity contribution in [2.45, 2.75) is 13.8 Å². The van der Waals surface area contributed by atoms with Crippen molar-refractivity contribution >= 4 is 17.3 Å². The highest BCUT2D eigenvalue weighted by molar-refractivity contribution is 6.32. The third-order valence-electron chi connectivity index (χ3n) is 3.38. The lowest BCUT2D eigenvalue weighted by Crippen LogP contribution is -2.21. The lowest BCUT2D eigenvalue weighted by atomic mass is 10.0. The summed E-state index contributed by atoms with van der Waals surface area (Å²) in [5, 5.41) is 5.17. The van der Waals surface area contributed by atoms with Crippen LogP contribution in [-0.2, 0) is 7.05 Å². The van der Waals surface area contributed by atoms with Gasteiger partial charge in [-0.25, -0.2) is 0 Å². The third-order valence-corrected chi connectivity index (χ3v) is 3.71. The van der Waals surface area contributed by atoms with E-state index in [-0.39, 0.29) is 0 Å². The molecule has 2 rings (SSSR count). The van der Waals surface area contributed by atoms with Crippen molar-refractivity contribution in [3.63, 3.8) is 0 Å². The van der Waals surface area contributed by atoms with Gasteiger partial charge in [0.05, 0.1) is 16.4 Å². The Bertz CT molecular complexity index is 668. The second kappa shape index (κ2) is 4.64. The first-order valence-corrected chi connectivity index (χ1v) is 6.28. The van der Waals surface area contributed by atoms with Crippen LogP contribution in [0, 0.1) is 19.3 Å². The van der Waals surface area contributed by atoms with Gasteiger partial charge in [-0.15, -0.1) is 6.42 Å². The molecule has 98 valence electrons. The number of allylic oxidation sites excluding steroid dienone is 3. The topological polar surface area (TPSA) is 21.1 Å². The number of hydrogen-bond acceptors (Lipinski definition) is 2. The van der Waals surface area contributed by atoms with Crippen LogP contribution in [0.15, 0.2) is 29.0 Å². The molecule has 0 fully saturated rings. The summed E-state index contributed by atoms with van der Waals surface area (Å²) >= 11 is 6.14. The van der Waals surface area contributed by atoms with Crippen molar-refractivity contribution < 1.29 is 0 Å². The molecule has 4 heteroatoms. The van der Waals surface area contributed by atoms with Gasteiger partial charge in [-0.1, -0.05) is 24.1 Å². The average molecular weight is 274 g/mol. The van der Waals surface area contributed by atoms with Crippen LogP contribution in [-0.4, -0.2) is 21.7 Å². The van der Waals surface area contributed by atoms with Crippen molar-refractivity contribution in [1.82, 2.24) is 14.7 Å². The summed E-state index contributed by atoms with van der Waals surface area (Å²) < 4.78 is 1.72. The smallest absolute Gasteiger partial charge is 0.114 e. The van der Waals surface area contributed by atoms with Crippen LogP contribution >= 0.6 is 11.6 Å². The number of aromatic nitrogens is 2. The van der Waals surface area contributed by atoms with E-state index in [0.29, 0.717) is 5.03 Å². The Kier molecular flexibility index (Phi) is 3.30. The van der Waals surface area contributed by atoms with Crippen molar-refractivity contribution in [2.24, 2.45) is 7.05 Å². The van der Waals surface area contributed by atoms with Gasteiger partial charge >= 0.3 is 0 Å². The summed E-state index contributed by atoms with van der Waals surface area (Å²) in [5.41, 5.74) is 5.45. The number of nitrogens with zero attached hydrogens (tertiary/aromatic N) is 3. The van der Waals surface area contributed by atoms with E-state index < -0.39 is 0 Å². The molecule has 0 saturated carbocycles. The fourth-order valence-corrected chi connectivity index (χ4v) is 2.59. The number of rotatable bonds is 1. The number of hydrogen-bond donors (Lipinski definition) is 0. The zero-order valence-electron chi connectivity index (χ0n) is 11.6. The van der Waals surface area contributed by atoms with Gasteiger partial charge in [-0.3, -0.25) is 4.68 Å². The molecular weight excluding hydrogens is 258 g/mol. The molecule has 0 amide bonds. The molecule has 0 aliphatic carbocycles. The minimum absolute atomic E-state index is 0.648. The maximum absolute atomic E-state index is 6.14. The van der Waals surface area contributed by atoms with Crippen LogP contribution in [0.5, 0.6) is 0 Å². The van der Waals surface area contributed by atoms with Gasteiger partial charge < -0.3 is 4.90 Å². The van der Waals surface area contributed by atoms with Gasteiger partial charge in [0.2, 0.25) is 0 Å². The molecular formula is C15H16ClN3. The molecule has 0 aromatic carbocycles. The Hall–Kier alpha value is -1.92. The average Bonchev–Trinajstić information content (AvgIpc) is 2.62. The van der Waals surface area contributed by atoms with E-state index in [2.05, 4.69) is 17.6 Å². The van der Waals surface area contributed by atoms with Crippen molar-refractivity contribution in [2.75, 3.05) is 7.05 Å². The van der Waals surface area contributed by atoms with Crippen LogP contribution < -0.4 is 0 Å². The molecule has 1 aliphatic rings. The molecule has 0 saturated heterocycles. The molecule has 1 aliphatic heterocycles. The first-order chi connectivity index (χ1) is 8.88. The van der Waals surface area contributed by atoms with Crippen LogP contribution in [0.1, 0.15) is 23.9 Å². The Morgan fingerprint density at radius 1 is 1.37 bits per heavy atom. The molecule has 2 heterocycles. The van der Waals surface area contributed by atoms with Crippen LogP contribution in [0.2, 0.25) is 0 Å². The monoisotopic (exact) mass is 273 g/mol. The molecule has 0 spiro atoms. The standard InChI is InChI=1S/C15H16ClN3/c1-7-13-10(3)14(17-19(13)6)15-9(2)8-12(16)11(4)18(15)5/h1,8H,4H2,2-3,5-6H3. The molecule has 0 unspecified atom stereocenters. The molecule has 0 atom stereocenters. The third kappa shape index (κ3) is 1.98. The summed E-state index contributed by atoms with van der Waals surface area (Å²) in [6.45, 7) is 7.97. The summed E-state index contributed by atoms with van der Waals surface area (Å²) in [5.74, 6) is 2.67. The number of likely N-dealkylation sites (N-methyl/N-ethyl adjacent to an activating group) is 1. The first kappa shape index (κ1) is 13.5. The fraction of sp³-hybridized carbons (Fsp3) is 0.267. The molecule has 1 aromatic rings. The van der Waals surface area contributed by atoms with Gasteiger partial charge in [-0.2, -0.15) is 5.10 Å². The number of aryl methyl sites for hydroxylation is 1. The predicted molar refractivity (Wildman–Crippen MR) is 79.3 cm³/mol. The van der Waals surface area contributed by atoms with E-state index in [1.54, 1.807) is 4.68 Å². The number of halogens is 1. The molecule has 0 bridgehead atoms. The summed E-state index contributed by atoms with van der Waals surface area (Å²) in [4.78, 5) is 1.95. The minimum Gasteiger partial charge on any atom is -0.342 e. The SMILES string of the molecule is C#Cc1c(C)c(C2=C(C)C=C(Cl)C(=C)N2C)nn1C.